The van der Waals surface area contributed by atoms with Crippen LogP contribution in [0.2, 0.25) is 0 Å². The number of H-pyrrole nitrogens is 1. The van der Waals surface area contributed by atoms with Gasteiger partial charge in [0.15, 0.2) is 0 Å². The van der Waals surface area contributed by atoms with E-state index in [1.807, 2.05) is 0 Å². The van der Waals surface area contributed by atoms with Crippen molar-refractivity contribution < 1.29 is 13.5 Å². The summed E-state index contributed by atoms with van der Waals surface area (Å²) in [5, 5.41) is 9.01. The summed E-state index contributed by atoms with van der Waals surface area (Å²) in [6.07, 6.45) is 7.06. The fourth-order valence-corrected chi connectivity index (χ4v) is 4.62. The first-order chi connectivity index (χ1) is 9.87. The first-order valence-electron chi connectivity index (χ1n) is 7.65. The van der Waals surface area contributed by atoms with E-state index in [0.29, 0.717) is 18.2 Å². The van der Waals surface area contributed by atoms with Crippen molar-refractivity contribution in [1.82, 2.24) is 9.71 Å². The summed E-state index contributed by atoms with van der Waals surface area (Å²) in [6.45, 7) is 4.70. The molecule has 0 saturated heterocycles. The highest BCUT2D eigenvalue weighted by atomic mass is 32.2. The van der Waals surface area contributed by atoms with Crippen molar-refractivity contribution in [3.8, 4) is 0 Å². The Bertz CT molecular complexity index is 557. The van der Waals surface area contributed by atoms with Gasteiger partial charge in [-0.05, 0) is 36.7 Å². The number of aliphatic hydroxyl groups excluding tert-OH is 1. The molecule has 3 N–H and O–H groups in total. The van der Waals surface area contributed by atoms with E-state index >= 15 is 0 Å². The minimum atomic E-state index is -3.50. The van der Waals surface area contributed by atoms with Gasteiger partial charge >= 0.3 is 0 Å². The molecule has 0 unspecified atom stereocenters. The molecule has 1 saturated carbocycles. The maximum atomic E-state index is 12.3. The summed E-state index contributed by atoms with van der Waals surface area (Å²) in [5.41, 5.74) is 0.616. The van der Waals surface area contributed by atoms with Crippen LogP contribution in [-0.2, 0) is 16.6 Å². The van der Waals surface area contributed by atoms with E-state index in [1.54, 1.807) is 0 Å². The number of hydrogen-bond donors (Lipinski definition) is 3. The van der Waals surface area contributed by atoms with Gasteiger partial charge in [0.2, 0.25) is 10.0 Å². The molecule has 2 rings (SSSR count). The minimum Gasteiger partial charge on any atom is -0.390 e. The van der Waals surface area contributed by atoms with Crippen LogP contribution >= 0.6 is 0 Å². The van der Waals surface area contributed by atoms with Crippen LogP contribution in [0.1, 0.15) is 51.6 Å². The maximum absolute atomic E-state index is 12.3. The number of rotatable bonds is 7. The molecule has 120 valence electrons. The normalized spacial score (nSPS) is 18.5. The van der Waals surface area contributed by atoms with Crippen molar-refractivity contribution in [2.24, 2.45) is 11.3 Å². The molecule has 1 aliphatic rings. The molecule has 1 aromatic rings. The lowest BCUT2D eigenvalue weighted by Crippen LogP contribution is -2.36. The standard InChI is InChI=1S/C15H26N2O3S/c1-12(2)8-15(5-3-4-6-15)11-17-21(19,20)14-7-13(10-18)16-9-14/h7,9,12,16-18H,3-6,8,10-11H2,1-2H3. The zero-order valence-electron chi connectivity index (χ0n) is 12.9. The predicted octanol–water partition coefficient (Wildman–Crippen LogP) is 2.39. The third-order valence-corrected chi connectivity index (χ3v) is 5.72. The molecule has 1 aliphatic carbocycles. The second-order valence-electron chi connectivity index (χ2n) is 6.65. The third kappa shape index (κ3) is 4.08. The number of nitrogens with one attached hydrogen (secondary N) is 2. The first-order valence-corrected chi connectivity index (χ1v) is 9.13. The smallest absolute Gasteiger partial charge is 0.242 e. The SMILES string of the molecule is CC(C)CC1(CNS(=O)(=O)c2c[nH]c(CO)c2)CCCC1. The van der Waals surface area contributed by atoms with Crippen molar-refractivity contribution in [3.63, 3.8) is 0 Å². The Morgan fingerprint density at radius 3 is 2.57 bits per heavy atom. The summed E-state index contributed by atoms with van der Waals surface area (Å²) >= 11 is 0. The summed E-state index contributed by atoms with van der Waals surface area (Å²) in [4.78, 5) is 2.96. The molecule has 0 radical (unpaired) electrons. The molecule has 0 atom stereocenters. The average Bonchev–Trinajstić information content (AvgIpc) is 3.05. The Hall–Kier alpha value is -0.850. The van der Waals surface area contributed by atoms with E-state index in [1.165, 1.54) is 25.1 Å². The van der Waals surface area contributed by atoms with Gasteiger partial charge in [0, 0.05) is 18.4 Å². The Balaban J connectivity index is 2.05. The van der Waals surface area contributed by atoms with Crippen LogP contribution in [0.25, 0.3) is 0 Å². The lowest BCUT2D eigenvalue weighted by molar-refractivity contribution is 0.236. The van der Waals surface area contributed by atoms with Crippen LogP contribution in [-0.4, -0.2) is 25.1 Å². The van der Waals surface area contributed by atoms with Gasteiger partial charge in [-0.3, -0.25) is 0 Å². The maximum Gasteiger partial charge on any atom is 0.242 e. The highest BCUT2D eigenvalue weighted by Gasteiger charge is 2.35. The van der Waals surface area contributed by atoms with Crippen LogP contribution in [0.4, 0.5) is 0 Å². The number of aliphatic hydroxyl groups is 1. The molecule has 21 heavy (non-hydrogen) atoms. The van der Waals surface area contributed by atoms with Gasteiger partial charge in [0.1, 0.15) is 0 Å². The molecule has 0 amide bonds. The molecule has 5 nitrogen and oxygen atoms in total. The zero-order valence-corrected chi connectivity index (χ0v) is 13.7. The fourth-order valence-electron chi connectivity index (χ4n) is 3.44. The highest BCUT2D eigenvalue weighted by molar-refractivity contribution is 7.89. The Morgan fingerprint density at radius 1 is 1.38 bits per heavy atom. The highest BCUT2D eigenvalue weighted by Crippen LogP contribution is 2.42. The van der Waals surface area contributed by atoms with E-state index in [2.05, 4.69) is 23.6 Å². The molecular formula is C15H26N2O3S. The van der Waals surface area contributed by atoms with Crippen LogP contribution in [0.15, 0.2) is 17.2 Å². The van der Waals surface area contributed by atoms with Crippen molar-refractivity contribution >= 4 is 10.0 Å². The molecule has 6 heteroatoms. The van der Waals surface area contributed by atoms with Gasteiger partial charge in [-0.15, -0.1) is 0 Å². The number of sulfonamides is 1. The van der Waals surface area contributed by atoms with Crippen molar-refractivity contribution in [3.05, 3.63) is 18.0 Å². The minimum absolute atomic E-state index is 0.108. The van der Waals surface area contributed by atoms with E-state index in [-0.39, 0.29) is 16.9 Å². The molecule has 1 fully saturated rings. The van der Waals surface area contributed by atoms with Crippen LogP contribution in [0.5, 0.6) is 0 Å². The largest absolute Gasteiger partial charge is 0.390 e. The number of aromatic amines is 1. The van der Waals surface area contributed by atoms with Crippen LogP contribution in [0.3, 0.4) is 0 Å². The molecule has 0 aromatic carbocycles. The van der Waals surface area contributed by atoms with Gasteiger partial charge in [-0.1, -0.05) is 26.7 Å². The van der Waals surface area contributed by atoms with E-state index in [4.69, 9.17) is 5.11 Å². The van der Waals surface area contributed by atoms with Crippen LogP contribution < -0.4 is 4.72 Å². The number of hydrogen-bond acceptors (Lipinski definition) is 3. The van der Waals surface area contributed by atoms with Crippen molar-refractivity contribution in [2.45, 2.75) is 57.5 Å². The lowest BCUT2D eigenvalue weighted by Gasteiger charge is -2.31. The molecule has 0 spiro atoms. The molecular weight excluding hydrogens is 288 g/mol. The number of aromatic nitrogens is 1. The van der Waals surface area contributed by atoms with Gasteiger partial charge in [-0.2, -0.15) is 0 Å². The summed E-state index contributed by atoms with van der Waals surface area (Å²) in [7, 11) is -3.50. The molecule has 1 aromatic heterocycles. The van der Waals surface area contributed by atoms with Gasteiger partial charge < -0.3 is 10.1 Å². The summed E-state index contributed by atoms with van der Waals surface area (Å²) in [6, 6.07) is 1.48. The Morgan fingerprint density at radius 2 is 2.05 bits per heavy atom. The topological polar surface area (TPSA) is 82.2 Å². The quantitative estimate of drug-likeness (QED) is 0.722. The van der Waals surface area contributed by atoms with Crippen LogP contribution in [0, 0.1) is 11.3 Å². The predicted molar refractivity (Wildman–Crippen MR) is 82.3 cm³/mol. The van der Waals surface area contributed by atoms with E-state index < -0.39 is 10.0 Å². The molecule has 1 heterocycles. The Kier molecular flexibility index (Phi) is 5.11. The van der Waals surface area contributed by atoms with Crippen molar-refractivity contribution in [1.29, 1.82) is 0 Å². The molecule has 0 bridgehead atoms. The fraction of sp³-hybridized carbons (Fsp3) is 0.733. The second kappa shape index (κ2) is 6.50. The third-order valence-electron chi connectivity index (χ3n) is 4.34. The lowest BCUT2D eigenvalue weighted by atomic mass is 9.79. The zero-order chi connectivity index (χ0) is 15.5. The van der Waals surface area contributed by atoms with Crippen molar-refractivity contribution in [2.75, 3.05) is 6.54 Å². The van der Waals surface area contributed by atoms with E-state index in [0.717, 1.165) is 19.3 Å². The van der Waals surface area contributed by atoms with Gasteiger partial charge in [0.25, 0.3) is 0 Å². The van der Waals surface area contributed by atoms with Gasteiger partial charge in [-0.25, -0.2) is 13.1 Å². The Labute approximate surface area is 127 Å². The second-order valence-corrected chi connectivity index (χ2v) is 8.42. The van der Waals surface area contributed by atoms with Gasteiger partial charge in [0.05, 0.1) is 11.5 Å². The summed E-state index contributed by atoms with van der Waals surface area (Å²) in [5.74, 6) is 0.570. The van der Waals surface area contributed by atoms with E-state index in [9.17, 15) is 8.42 Å². The first kappa shape index (κ1) is 16.5. The summed E-state index contributed by atoms with van der Waals surface area (Å²) < 4.78 is 27.4. The monoisotopic (exact) mass is 314 g/mol. The average molecular weight is 314 g/mol. The molecule has 0 aliphatic heterocycles.